The van der Waals surface area contributed by atoms with Crippen LogP contribution in [0.4, 0.5) is 13.2 Å². The van der Waals surface area contributed by atoms with E-state index in [1.807, 2.05) is 0 Å². The fourth-order valence-electron chi connectivity index (χ4n) is 2.33. The second kappa shape index (κ2) is 7.52. The van der Waals surface area contributed by atoms with Crippen molar-refractivity contribution in [1.29, 1.82) is 0 Å². The summed E-state index contributed by atoms with van der Waals surface area (Å²) >= 11 is 0. The Balaban J connectivity index is 1.99. The van der Waals surface area contributed by atoms with E-state index < -0.39 is 43.2 Å². The van der Waals surface area contributed by atoms with E-state index in [0.29, 0.717) is 0 Å². The summed E-state index contributed by atoms with van der Waals surface area (Å²) in [6.45, 7) is -0.850. The van der Waals surface area contributed by atoms with Gasteiger partial charge in [0, 0.05) is 18.2 Å². The predicted octanol–water partition coefficient (Wildman–Crippen LogP) is 1.85. The van der Waals surface area contributed by atoms with E-state index in [9.17, 15) is 22.8 Å². The molecule has 6 nitrogen and oxygen atoms in total. The molecule has 0 aromatic heterocycles. The molecule has 24 heavy (non-hydrogen) atoms. The number of amides is 1. The van der Waals surface area contributed by atoms with Crippen LogP contribution in [-0.4, -0.2) is 49.0 Å². The van der Waals surface area contributed by atoms with Gasteiger partial charge >= 0.3 is 12.1 Å². The van der Waals surface area contributed by atoms with E-state index in [1.54, 1.807) is 0 Å². The van der Waals surface area contributed by atoms with Gasteiger partial charge in [0.25, 0.3) is 5.91 Å². The molecule has 1 amide bonds. The average molecular weight is 347 g/mol. The lowest BCUT2D eigenvalue weighted by atomic mass is 9.94. The summed E-state index contributed by atoms with van der Waals surface area (Å²) in [5, 5.41) is 10.9. The molecule has 132 valence electrons. The first-order valence-corrected chi connectivity index (χ1v) is 7.17. The van der Waals surface area contributed by atoms with Crippen LogP contribution in [0.25, 0.3) is 0 Å². The van der Waals surface area contributed by atoms with Crippen LogP contribution in [0, 0.1) is 5.92 Å². The summed E-state index contributed by atoms with van der Waals surface area (Å²) in [5.74, 6) is -3.28. The van der Waals surface area contributed by atoms with Crippen LogP contribution >= 0.6 is 0 Å². The number of benzene rings is 1. The largest absolute Gasteiger partial charge is 0.482 e. The van der Waals surface area contributed by atoms with Crippen molar-refractivity contribution >= 4 is 11.9 Å². The number of aliphatic carboxylic acids is 1. The summed E-state index contributed by atoms with van der Waals surface area (Å²) in [5.41, 5.74) is 0.157. The molecule has 1 aliphatic heterocycles. The second-order valence-electron chi connectivity index (χ2n) is 5.30. The lowest BCUT2D eigenvalue weighted by Gasteiger charge is -2.33. The standard InChI is InChI=1S/C15H16F3NO5/c16-15(17,18)11-7-23-6-5-12(11)19-14(22)9-1-3-10(4-2-9)24-8-13(20)21/h1-4,11-12H,5-8H2,(H,19,22)(H,20,21)/t11-,12+/m0/s1. The van der Waals surface area contributed by atoms with E-state index in [2.05, 4.69) is 5.32 Å². The van der Waals surface area contributed by atoms with Crippen LogP contribution < -0.4 is 10.1 Å². The molecule has 1 fully saturated rings. The minimum atomic E-state index is -4.45. The summed E-state index contributed by atoms with van der Waals surface area (Å²) in [6, 6.07) is 4.42. The average Bonchev–Trinajstić information content (AvgIpc) is 2.53. The highest BCUT2D eigenvalue weighted by Gasteiger charge is 2.46. The van der Waals surface area contributed by atoms with Crippen LogP contribution in [0.15, 0.2) is 24.3 Å². The Morgan fingerprint density at radius 2 is 1.96 bits per heavy atom. The number of hydrogen-bond donors (Lipinski definition) is 2. The van der Waals surface area contributed by atoms with Crippen LogP contribution in [-0.2, 0) is 9.53 Å². The van der Waals surface area contributed by atoms with Gasteiger partial charge in [0.15, 0.2) is 6.61 Å². The Labute approximate surface area is 135 Å². The number of carbonyl (C=O) groups excluding carboxylic acids is 1. The highest BCUT2D eigenvalue weighted by Crippen LogP contribution is 2.32. The van der Waals surface area contributed by atoms with Gasteiger partial charge in [-0.15, -0.1) is 0 Å². The zero-order valence-corrected chi connectivity index (χ0v) is 12.5. The monoisotopic (exact) mass is 347 g/mol. The van der Waals surface area contributed by atoms with Gasteiger partial charge in [-0.2, -0.15) is 13.2 Å². The van der Waals surface area contributed by atoms with Gasteiger partial charge in [-0.25, -0.2) is 4.79 Å². The first kappa shape index (κ1) is 18.1. The second-order valence-corrected chi connectivity index (χ2v) is 5.30. The third kappa shape index (κ3) is 4.85. The van der Waals surface area contributed by atoms with Crippen LogP contribution in [0.2, 0.25) is 0 Å². The van der Waals surface area contributed by atoms with Crippen molar-refractivity contribution in [1.82, 2.24) is 5.32 Å². The maximum absolute atomic E-state index is 13.0. The summed E-state index contributed by atoms with van der Waals surface area (Å²) in [7, 11) is 0. The molecule has 2 N–H and O–H groups in total. The molecule has 1 heterocycles. The molecule has 1 aromatic rings. The molecule has 1 aliphatic rings. The lowest BCUT2D eigenvalue weighted by molar-refractivity contribution is -0.206. The summed E-state index contributed by atoms with van der Waals surface area (Å²) in [4.78, 5) is 22.5. The molecule has 1 saturated heterocycles. The number of halogens is 3. The quantitative estimate of drug-likeness (QED) is 0.849. The van der Waals surface area contributed by atoms with Crippen molar-refractivity contribution < 1.29 is 37.3 Å². The Kier molecular flexibility index (Phi) is 5.66. The van der Waals surface area contributed by atoms with E-state index in [4.69, 9.17) is 14.6 Å². The number of ether oxygens (including phenoxy) is 2. The molecular formula is C15H16F3NO5. The van der Waals surface area contributed by atoms with Gasteiger partial charge in [-0.05, 0) is 30.7 Å². The van der Waals surface area contributed by atoms with Crippen molar-refractivity contribution in [3.8, 4) is 5.75 Å². The molecule has 0 spiro atoms. The van der Waals surface area contributed by atoms with E-state index >= 15 is 0 Å². The molecule has 1 aromatic carbocycles. The Morgan fingerprint density at radius 3 is 2.54 bits per heavy atom. The zero-order chi connectivity index (χ0) is 17.7. The molecular weight excluding hydrogens is 331 g/mol. The number of rotatable bonds is 5. The van der Waals surface area contributed by atoms with Crippen molar-refractivity contribution in [2.45, 2.75) is 18.6 Å². The Bertz CT molecular complexity index is 588. The van der Waals surface area contributed by atoms with Gasteiger partial charge in [0.05, 0.1) is 12.5 Å². The van der Waals surface area contributed by atoms with Crippen LogP contribution in [0.5, 0.6) is 5.75 Å². The van der Waals surface area contributed by atoms with Gasteiger partial charge in [-0.3, -0.25) is 4.79 Å². The lowest BCUT2D eigenvalue weighted by Crippen LogP contribution is -2.51. The predicted molar refractivity (Wildman–Crippen MR) is 75.8 cm³/mol. The Morgan fingerprint density at radius 1 is 1.29 bits per heavy atom. The van der Waals surface area contributed by atoms with Crippen molar-refractivity contribution in [3.05, 3.63) is 29.8 Å². The number of hydrogen-bond acceptors (Lipinski definition) is 4. The van der Waals surface area contributed by atoms with Crippen LogP contribution in [0.3, 0.4) is 0 Å². The molecule has 2 atom stereocenters. The van der Waals surface area contributed by atoms with Crippen molar-refractivity contribution in [2.24, 2.45) is 5.92 Å². The first-order chi connectivity index (χ1) is 11.3. The molecule has 9 heteroatoms. The molecule has 0 unspecified atom stereocenters. The number of carboxylic acid groups (broad SMARTS) is 1. The zero-order valence-electron chi connectivity index (χ0n) is 12.5. The summed E-state index contributed by atoms with van der Waals surface area (Å²) < 4.78 is 48.6. The number of carbonyl (C=O) groups is 2. The maximum atomic E-state index is 13.0. The van der Waals surface area contributed by atoms with Gasteiger partial charge in [-0.1, -0.05) is 0 Å². The van der Waals surface area contributed by atoms with Crippen LogP contribution in [0.1, 0.15) is 16.8 Å². The first-order valence-electron chi connectivity index (χ1n) is 7.17. The highest BCUT2D eigenvalue weighted by molar-refractivity contribution is 5.94. The summed E-state index contributed by atoms with van der Waals surface area (Å²) in [6.07, 6.45) is -4.37. The van der Waals surface area contributed by atoms with E-state index in [1.165, 1.54) is 24.3 Å². The third-order valence-corrected chi connectivity index (χ3v) is 3.57. The highest BCUT2D eigenvalue weighted by atomic mass is 19.4. The minimum Gasteiger partial charge on any atom is -0.482 e. The van der Waals surface area contributed by atoms with Gasteiger partial charge in [0.2, 0.25) is 0 Å². The maximum Gasteiger partial charge on any atom is 0.395 e. The van der Waals surface area contributed by atoms with E-state index in [-0.39, 0.29) is 24.3 Å². The van der Waals surface area contributed by atoms with Gasteiger partial charge < -0.3 is 19.9 Å². The fourth-order valence-corrected chi connectivity index (χ4v) is 2.33. The molecule has 0 radical (unpaired) electrons. The van der Waals surface area contributed by atoms with Crippen molar-refractivity contribution in [2.75, 3.05) is 19.8 Å². The molecule has 0 aliphatic carbocycles. The number of alkyl halides is 3. The fraction of sp³-hybridized carbons (Fsp3) is 0.467. The smallest absolute Gasteiger partial charge is 0.395 e. The topological polar surface area (TPSA) is 84.9 Å². The molecule has 2 rings (SSSR count). The molecule has 0 saturated carbocycles. The number of nitrogens with one attached hydrogen (secondary N) is 1. The van der Waals surface area contributed by atoms with Gasteiger partial charge in [0.1, 0.15) is 5.75 Å². The normalized spacial score (nSPS) is 21.1. The van der Waals surface area contributed by atoms with Crippen molar-refractivity contribution in [3.63, 3.8) is 0 Å². The molecule has 0 bridgehead atoms. The Hall–Kier alpha value is -2.29. The third-order valence-electron chi connectivity index (χ3n) is 3.57. The van der Waals surface area contributed by atoms with E-state index in [0.717, 1.165) is 0 Å². The SMILES string of the molecule is O=C(O)COc1ccc(C(=O)N[C@@H]2CCOC[C@@H]2C(F)(F)F)cc1. The number of carboxylic acids is 1. The minimum absolute atomic E-state index is 0.0791.